The van der Waals surface area contributed by atoms with E-state index in [-0.39, 0.29) is 11.7 Å². The Hall–Kier alpha value is -0.860. The van der Waals surface area contributed by atoms with Gasteiger partial charge in [0.1, 0.15) is 5.78 Å². The summed E-state index contributed by atoms with van der Waals surface area (Å²) in [5.74, 6) is 0.0863. The van der Waals surface area contributed by atoms with Crippen molar-refractivity contribution in [2.75, 3.05) is 6.54 Å². The maximum atomic E-state index is 11.0. The first kappa shape index (κ1) is 11.1. The third-order valence-corrected chi connectivity index (χ3v) is 2.00. The van der Waals surface area contributed by atoms with Crippen LogP contribution in [0.1, 0.15) is 34.1 Å². The van der Waals surface area contributed by atoms with E-state index in [0.29, 0.717) is 13.0 Å². The lowest BCUT2D eigenvalue weighted by atomic mass is 9.89. The Bertz CT molecular complexity index is 185. The molecule has 0 fully saturated rings. The summed E-state index contributed by atoms with van der Waals surface area (Å²) in [6.45, 7) is 7.40. The zero-order valence-corrected chi connectivity index (χ0v) is 8.23. The van der Waals surface area contributed by atoms with Gasteiger partial charge in [-0.1, -0.05) is 20.8 Å². The summed E-state index contributed by atoms with van der Waals surface area (Å²) >= 11 is 0. The van der Waals surface area contributed by atoms with E-state index in [2.05, 4.69) is 5.32 Å². The van der Waals surface area contributed by atoms with Crippen molar-refractivity contribution in [2.24, 2.45) is 5.41 Å². The summed E-state index contributed by atoms with van der Waals surface area (Å²) in [6.07, 6.45) is 0.466. The molecule has 0 rings (SSSR count). The fourth-order valence-corrected chi connectivity index (χ4v) is 0.569. The van der Waals surface area contributed by atoms with Crippen molar-refractivity contribution in [3.63, 3.8) is 0 Å². The molecule has 70 valence electrons. The van der Waals surface area contributed by atoms with Crippen molar-refractivity contribution < 1.29 is 9.59 Å². The Morgan fingerprint density at radius 1 is 1.33 bits per heavy atom. The first-order chi connectivity index (χ1) is 5.40. The van der Waals surface area contributed by atoms with Gasteiger partial charge < -0.3 is 5.32 Å². The Balaban J connectivity index is 3.92. The standard InChI is InChI=1S/C9H17NO2/c1-5-8(12)10-6-9(3,4)7(2)11/h5-6H2,1-4H3,(H,10,12). The van der Waals surface area contributed by atoms with Crippen LogP contribution in [0.25, 0.3) is 0 Å². The second-order valence-corrected chi connectivity index (χ2v) is 3.57. The zero-order valence-electron chi connectivity index (χ0n) is 8.23. The lowest BCUT2D eigenvalue weighted by Crippen LogP contribution is -2.37. The highest BCUT2D eigenvalue weighted by Crippen LogP contribution is 2.14. The Kier molecular flexibility index (Phi) is 3.93. The fourth-order valence-electron chi connectivity index (χ4n) is 0.569. The van der Waals surface area contributed by atoms with Crippen molar-refractivity contribution in [3.05, 3.63) is 0 Å². The molecule has 0 heterocycles. The van der Waals surface area contributed by atoms with Crippen LogP contribution in [0.4, 0.5) is 0 Å². The molecule has 1 N–H and O–H groups in total. The van der Waals surface area contributed by atoms with Crippen LogP contribution in [-0.4, -0.2) is 18.2 Å². The number of carbonyl (C=O) groups excluding carboxylic acids is 2. The highest BCUT2D eigenvalue weighted by atomic mass is 16.1. The average molecular weight is 171 g/mol. The molecule has 0 spiro atoms. The van der Waals surface area contributed by atoms with E-state index in [1.165, 1.54) is 6.92 Å². The Morgan fingerprint density at radius 2 is 1.83 bits per heavy atom. The molecule has 0 saturated heterocycles. The van der Waals surface area contributed by atoms with Crippen molar-refractivity contribution in [1.82, 2.24) is 5.32 Å². The summed E-state index contributed by atoms with van der Waals surface area (Å²) in [4.78, 5) is 21.9. The number of hydrogen-bond acceptors (Lipinski definition) is 2. The number of ketones is 1. The van der Waals surface area contributed by atoms with Crippen molar-refractivity contribution in [1.29, 1.82) is 0 Å². The van der Waals surface area contributed by atoms with Gasteiger partial charge in [-0.3, -0.25) is 9.59 Å². The van der Waals surface area contributed by atoms with Crippen molar-refractivity contribution >= 4 is 11.7 Å². The predicted octanol–water partition coefficient (Wildman–Crippen LogP) is 1.13. The van der Waals surface area contributed by atoms with E-state index in [4.69, 9.17) is 0 Å². The van der Waals surface area contributed by atoms with Crippen LogP contribution in [0, 0.1) is 5.41 Å². The van der Waals surface area contributed by atoms with Crippen LogP contribution >= 0.6 is 0 Å². The Labute approximate surface area is 73.5 Å². The third kappa shape index (κ3) is 3.51. The SMILES string of the molecule is CCC(=O)NCC(C)(C)C(C)=O. The third-order valence-electron chi connectivity index (χ3n) is 2.00. The van der Waals surface area contributed by atoms with Crippen molar-refractivity contribution in [2.45, 2.75) is 34.1 Å². The topological polar surface area (TPSA) is 46.2 Å². The highest BCUT2D eigenvalue weighted by molar-refractivity contribution is 5.83. The minimum atomic E-state index is -0.440. The number of Topliss-reactive ketones (excluding diaryl/α,β-unsaturated/α-hetero) is 1. The van der Waals surface area contributed by atoms with Crippen LogP contribution in [0.15, 0.2) is 0 Å². The van der Waals surface area contributed by atoms with Crippen LogP contribution < -0.4 is 5.32 Å². The molecular weight excluding hydrogens is 154 g/mol. The smallest absolute Gasteiger partial charge is 0.219 e. The number of rotatable bonds is 4. The van der Waals surface area contributed by atoms with Crippen LogP contribution in [0.5, 0.6) is 0 Å². The van der Waals surface area contributed by atoms with E-state index in [9.17, 15) is 9.59 Å². The molecule has 3 heteroatoms. The van der Waals surface area contributed by atoms with Crippen LogP contribution in [0.3, 0.4) is 0 Å². The van der Waals surface area contributed by atoms with Gasteiger partial charge in [-0.15, -0.1) is 0 Å². The molecule has 3 nitrogen and oxygen atoms in total. The summed E-state index contributed by atoms with van der Waals surface area (Å²) < 4.78 is 0. The van der Waals surface area contributed by atoms with Gasteiger partial charge in [-0.25, -0.2) is 0 Å². The maximum Gasteiger partial charge on any atom is 0.219 e. The lowest BCUT2D eigenvalue weighted by molar-refractivity contribution is -0.126. The second-order valence-electron chi connectivity index (χ2n) is 3.57. The van der Waals surface area contributed by atoms with Gasteiger partial charge in [0.2, 0.25) is 5.91 Å². The Morgan fingerprint density at radius 3 is 2.17 bits per heavy atom. The molecule has 0 aliphatic rings. The second kappa shape index (κ2) is 4.24. The van der Waals surface area contributed by atoms with E-state index < -0.39 is 5.41 Å². The number of carbonyl (C=O) groups is 2. The first-order valence-corrected chi connectivity index (χ1v) is 4.18. The monoisotopic (exact) mass is 171 g/mol. The lowest BCUT2D eigenvalue weighted by Gasteiger charge is -2.21. The summed E-state index contributed by atoms with van der Waals surface area (Å²) in [5, 5.41) is 2.69. The van der Waals surface area contributed by atoms with E-state index >= 15 is 0 Å². The molecule has 0 aromatic rings. The van der Waals surface area contributed by atoms with E-state index in [1.54, 1.807) is 6.92 Å². The summed E-state index contributed by atoms with van der Waals surface area (Å²) in [7, 11) is 0. The number of hydrogen-bond donors (Lipinski definition) is 1. The molecule has 0 saturated carbocycles. The van der Waals surface area contributed by atoms with E-state index in [1.807, 2.05) is 13.8 Å². The molecule has 0 aliphatic heterocycles. The normalized spacial score (nSPS) is 11.0. The number of amides is 1. The molecule has 0 aromatic carbocycles. The minimum Gasteiger partial charge on any atom is -0.355 e. The van der Waals surface area contributed by atoms with Gasteiger partial charge in [0.25, 0.3) is 0 Å². The quantitative estimate of drug-likeness (QED) is 0.689. The largest absolute Gasteiger partial charge is 0.355 e. The van der Waals surface area contributed by atoms with Gasteiger partial charge in [0.05, 0.1) is 0 Å². The average Bonchev–Trinajstić information content (AvgIpc) is 2.00. The summed E-state index contributed by atoms with van der Waals surface area (Å²) in [5.41, 5.74) is -0.440. The zero-order chi connectivity index (χ0) is 9.78. The van der Waals surface area contributed by atoms with Gasteiger partial charge in [0.15, 0.2) is 0 Å². The molecule has 0 bridgehead atoms. The van der Waals surface area contributed by atoms with Crippen LogP contribution in [0.2, 0.25) is 0 Å². The molecule has 0 aliphatic carbocycles. The molecule has 0 atom stereocenters. The highest BCUT2D eigenvalue weighted by Gasteiger charge is 2.23. The molecule has 1 amide bonds. The first-order valence-electron chi connectivity index (χ1n) is 4.18. The van der Waals surface area contributed by atoms with Crippen molar-refractivity contribution in [3.8, 4) is 0 Å². The molecular formula is C9H17NO2. The molecule has 0 radical (unpaired) electrons. The molecule has 0 aromatic heterocycles. The van der Waals surface area contributed by atoms with Gasteiger partial charge in [0, 0.05) is 18.4 Å². The van der Waals surface area contributed by atoms with E-state index in [0.717, 1.165) is 0 Å². The summed E-state index contributed by atoms with van der Waals surface area (Å²) in [6, 6.07) is 0. The molecule has 0 unspecified atom stereocenters. The fraction of sp³-hybridized carbons (Fsp3) is 0.778. The maximum absolute atomic E-state index is 11.0. The minimum absolute atomic E-state index is 0.00988. The molecule has 12 heavy (non-hydrogen) atoms. The van der Waals surface area contributed by atoms with Gasteiger partial charge in [-0.05, 0) is 6.92 Å². The number of nitrogens with one attached hydrogen (secondary N) is 1. The van der Waals surface area contributed by atoms with Crippen LogP contribution in [-0.2, 0) is 9.59 Å². The van der Waals surface area contributed by atoms with Gasteiger partial charge in [-0.2, -0.15) is 0 Å². The predicted molar refractivity (Wildman–Crippen MR) is 47.8 cm³/mol. The van der Waals surface area contributed by atoms with Gasteiger partial charge >= 0.3 is 0 Å².